The number of aliphatic hydroxyl groups is 1. The summed E-state index contributed by atoms with van der Waals surface area (Å²) in [5.74, 6) is -0.366. The molecule has 306 valence electrons. The van der Waals surface area contributed by atoms with Gasteiger partial charge in [0.2, 0.25) is 0 Å². The maximum atomic E-state index is 12.4. The molecule has 0 heterocycles. The molecule has 0 saturated carbocycles. The van der Waals surface area contributed by atoms with Gasteiger partial charge in [0, 0.05) is 13.0 Å². The Labute approximate surface area is 323 Å². The summed E-state index contributed by atoms with van der Waals surface area (Å²) in [5, 5.41) is 9.88. The summed E-state index contributed by atoms with van der Waals surface area (Å²) < 4.78 is 33.1. The monoisotopic (exact) mass is 766 g/mol. The quantitative estimate of drug-likeness (QED) is 0.0140. The van der Waals surface area contributed by atoms with Crippen LogP contribution in [0, 0.1) is 0 Å². The molecule has 0 saturated heterocycles. The summed E-state index contributed by atoms with van der Waals surface area (Å²) in [6, 6.07) is 0. The zero-order valence-corrected chi connectivity index (χ0v) is 34.2. The van der Waals surface area contributed by atoms with E-state index in [4.69, 9.17) is 24.3 Å². The van der Waals surface area contributed by atoms with Crippen molar-refractivity contribution >= 4 is 13.8 Å². The van der Waals surface area contributed by atoms with Gasteiger partial charge in [0.15, 0.2) is 6.10 Å². The topological polar surface area (TPSA) is 138 Å². The molecule has 0 fully saturated rings. The molecule has 9 nitrogen and oxygen atoms in total. The lowest BCUT2D eigenvalue weighted by Gasteiger charge is -2.19. The van der Waals surface area contributed by atoms with Gasteiger partial charge >= 0.3 is 13.8 Å². The molecule has 10 heteroatoms. The highest BCUT2D eigenvalue weighted by Gasteiger charge is 2.24. The molecule has 0 rings (SSSR count). The molecule has 1 unspecified atom stereocenters. The van der Waals surface area contributed by atoms with Crippen LogP contribution in [0.15, 0.2) is 73.1 Å². The Kier molecular flexibility index (Phi) is 37.8. The lowest BCUT2D eigenvalue weighted by Crippen LogP contribution is -2.25. The van der Waals surface area contributed by atoms with Gasteiger partial charge in [-0.3, -0.25) is 13.8 Å². The fraction of sp³-hybridized carbons (Fsp3) is 0.698. The summed E-state index contributed by atoms with van der Waals surface area (Å²) in [4.78, 5) is 22.2. The van der Waals surface area contributed by atoms with E-state index in [1.54, 1.807) is 6.26 Å². The van der Waals surface area contributed by atoms with Crippen LogP contribution >= 0.6 is 7.82 Å². The van der Waals surface area contributed by atoms with Crippen molar-refractivity contribution in [1.29, 1.82) is 0 Å². The first-order valence-corrected chi connectivity index (χ1v) is 22.1. The van der Waals surface area contributed by atoms with Gasteiger partial charge in [-0.1, -0.05) is 139 Å². The normalized spacial score (nSPS) is 14.8. The van der Waals surface area contributed by atoms with Gasteiger partial charge in [-0.05, 0) is 76.7 Å². The Bertz CT molecular complexity index is 1050. The molecule has 0 aromatic carbocycles. The number of unbranched alkanes of at least 4 members (excludes halogenated alkanes) is 14. The summed E-state index contributed by atoms with van der Waals surface area (Å²) in [6.07, 6.45) is 46.3. The second-order valence-corrected chi connectivity index (χ2v) is 14.9. The van der Waals surface area contributed by atoms with E-state index in [9.17, 15) is 19.4 Å². The first-order chi connectivity index (χ1) is 25.8. The van der Waals surface area contributed by atoms with Crippen molar-refractivity contribution < 1.29 is 37.9 Å². The van der Waals surface area contributed by atoms with Gasteiger partial charge < -0.3 is 25.2 Å². The predicted molar refractivity (Wildman–Crippen MR) is 220 cm³/mol. The number of nitrogens with two attached hydrogens (primary N) is 1. The van der Waals surface area contributed by atoms with Crippen LogP contribution in [-0.4, -0.2) is 54.5 Å². The summed E-state index contributed by atoms with van der Waals surface area (Å²) in [7, 11) is -4.29. The van der Waals surface area contributed by atoms with Crippen LogP contribution in [0.2, 0.25) is 0 Å². The molecule has 0 aliphatic carbocycles. The summed E-state index contributed by atoms with van der Waals surface area (Å²) in [5.41, 5.74) is 5.35. The fourth-order valence-electron chi connectivity index (χ4n) is 5.14. The highest BCUT2D eigenvalue weighted by atomic mass is 31.2. The molecule has 0 amide bonds. The second kappa shape index (κ2) is 39.4. The number of phosphoric ester groups is 1. The van der Waals surface area contributed by atoms with Crippen molar-refractivity contribution in [1.82, 2.24) is 0 Å². The van der Waals surface area contributed by atoms with Crippen molar-refractivity contribution in [3.05, 3.63) is 73.1 Å². The SMILES string of the molecule is CCCCCC/C=C\CCCCCCCC/C=C/O[C@H](COC(=O)CCC/C=C\C/C=C\C/C=C\C=C\[C@H](O)CCCCC)COP(=O)(O)OCCN. The smallest absolute Gasteiger partial charge is 0.472 e. The van der Waals surface area contributed by atoms with E-state index >= 15 is 0 Å². The highest BCUT2D eigenvalue weighted by Crippen LogP contribution is 2.43. The maximum absolute atomic E-state index is 12.4. The van der Waals surface area contributed by atoms with Crippen LogP contribution in [0.25, 0.3) is 0 Å². The summed E-state index contributed by atoms with van der Waals surface area (Å²) >= 11 is 0. The lowest BCUT2D eigenvalue weighted by molar-refractivity contribution is -0.147. The number of esters is 1. The number of allylic oxidation sites excluding steroid dienone is 10. The zero-order chi connectivity index (χ0) is 38.9. The Hall–Kier alpha value is -2.26. The number of rotatable bonds is 38. The van der Waals surface area contributed by atoms with Crippen LogP contribution in [0.5, 0.6) is 0 Å². The first-order valence-electron chi connectivity index (χ1n) is 20.6. The minimum Gasteiger partial charge on any atom is -0.492 e. The number of ether oxygens (including phenoxy) is 2. The molecule has 0 aliphatic heterocycles. The molecule has 4 N–H and O–H groups in total. The maximum Gasteiger partial charge on any atom is 0.472 e. The van der Waals surface area contributed by atoms with Crippen molar-refractivity contribution in [3.63, 3.8) is 0 Å². The van der Waals surface area contributed by atoms with E-state index in [1.807, 2.05) is 24.3 Å². The molecule has 0 aromatic rings. The predicted octanol–water partition coefficient (Wildman–Crippen LogP) is 11.3. The third kappa shape index (κ3) is 39.3. The number of carbonyl (C=O) groups excluding carboxylic acids is 1. The minimum absolute atomic E-state index is 0.0821. The molecule has 0 aliphatic rings. The summed E-state index contributed by atoms with van der Waals surface area (Å²) in [6.45, 7) is 3.97. The molecule has 3 atom stereocenters. The molecular formula is C43H76NO8P. The molecule has 0 aromatic heterocycles. The number of hydrogen-bond acceptors (Lipinski definition) is 8. The third-order valence-electron chi connectivity index (χ3n) is 8.29. The van der Waals surface area contributed by atoms with Crippen molar-refractivity contribution in [2.75, 3.05) is 26.4 Å². The highest BCUT2D eigenvalue weighted by molar-refractivity contribution is 7.47. The third-order valence-corrected chi connectivity index (χ3v) is 9.27. The van der Waals surface area contributed by atoms with Gasteiger partial charge in [0.05, 0.1) is 25.6 Å². The van der Waals surface area contributed by atoms with Crippen LogP contribution in [-0.2, 0) is 27.9 Å². The lowest BCUT2D eigenvalue weighted by atomic mass is 10.1. The Morgan fingerprint density at radius 3 is 1.92 bits per heavy atom. The van der Waals surface area contributed by atoms with Gasteiger partial charge in [-0.25, -0.2) is 4.57 Å². The van der Waals surface area contributed by atoms with E-state index in [-0.39, 0.29) is 44.9 Å². The molecule has 53 heavy (non-hydrogen) atoms. The van der Waals surface area contributed by atoms with Crippen molar-refractivity contribution in [2.24, 2.45) is 5.73 Å². The number of phosphoric acid groups is 1. The second-order valence-electron chi connectivity index (χ2n) is 13.4. The Morgan fingerprint density at radius 2 is 1.25 bits per heavy atom. The van der Waals surface area contributed by atoms with Gasteiger partial charge in [-0.15, -0.1) is 0 Å². The standard InChI is InChI=1S/C43H76NO8P/c1-3-5-7-8-9-10-11-12-13-14-15-19-22-25-28-32-37-49-42(40-52-53(47,48)51-38-36-44)39-50-43(46)35-31-27-24-21-18-16-17-20-23-26-30-34-41(45)33-29-6-4-2/h10-11,16-17,21,23-24,26,30,32,34,37,41-42,45H,3-9,12-15,18-20,22,25,27-29,31,33,35-36,38-40,44H2,1-2H3,(H,47,48)/b11-10-,17-16-,24-21-,26-23-,34-30+,37-32+/t41-,42-/m1/s1. The van der Waals surface area contributed by atoms with Gasteiger partial charge in [0.1, 0.15) is 6.61 Å². The van der Waals surface area contributed by atoms with Crippen LogP contribution in [0.4, 0.5) is 0 Å². The zero-order valence-electron chi connectivity index (χ0n) is 33.3. The van der Waals surface area contributed by atoms with Crippen LogP contribution < -0.4 is 5.73 Å². The van der Waals surface area contributed by atoms with E-state index in [2.05, 4.69) is 56.4 Å². The largest absolute Gasteiger partial charge is 0.492 e. The molecule has 0 bridgehead atoms. The minimum atomic E-state index is -4.29. The Balaban J connectivity index is 4.28. The Morgan fingerprint density at radius 1 is 0.679 bits per heavy atom. The van der Waals surface area contributed by atoms with Crippen LogP contribution in [0.3, 0.4) is 0 Å². The van der Waals surface area contributed by atoms with Crippen molar-refractivity contribution in [3.8, 4) is 0 Å². The fourth-order valence-corrected chi connectivity index (χ4v) is 5.90. The number of hydrogen-bond donors (Lipinski definition) is 3. The molecular weight excluding hydrogens is 689 g/mol. The molecule has 0 radical (unpaired) electrons. The average Bonchev–Trinajstić information content (AvgIpc) is 3.14. The van der Waals surface area contributed by atoms with E-state index in [0.717, 1.165) is 64.2 Å². The van der Waals surface area contributed by atoms with Gasteiger partial charge in [0.25, 0.3) is 0 Å². The van der Waals surface area contributed by atoms with Crippen LogP contribution in [0.1, 0.15) is 155 Å². The first kappa shape index (κ1) is 50.7. The van der Waals surface area contributed by atoms with E-state index < -0.39 is 13.9 Å². The van der Waals surface area contributed by atoms with E-state index in [0.29, 0.717) is 6.42 Å². The molecule has 0 spiro atoms. The number of aliphatic hydroxyl groups excluding tert-OH is 1. The van der Waals surface area contributed by atoms with E-state index in [1.165, 1.54) is 64.2 Å². The number of carbonyl (C=O) groups is 1. The average molecular weight is 766 g/mol. The van der Waals surface area contributed by atoms with Gasteiger partial charge in [-0.2, -0.15) is 0 Å². The van der Waals surface area contributed by atoms with Crippen molar-refractivity contribution in [2.45, 2.75) is 167 Å².